The second kappa shape index (κ2) is 5.90. The van der Waals surface area contributed by atoms with Crippen molar-refractivity contribution < 1.29 is 19.8 Å². The normalized spacial score (nSPS) is 20.0. The Morgan fingerprint density at radius 2 is 1.84 bits per heavy atom. The molecule has 0 spiro atoms. The van der Waals surface area contributed by atoms with Crippen LogP contribution in [0.2, 0.25) is 0 Å². The summed E-state index contributed by atoms with van der Waals surface area (Å²) in [6.07, 6.45) is 3.10. The van der Waals surface area contributed by atoms with Gasteiger partial charge in [0, 0.05) is 5.56 Å². The Balaban J connectivity index is 2.12. The Bertz CT molecular complexity index is 914. The van der Waals surface area contributed by atoms with Crippen LogP contribution in [-0.2, 0) is 15.1 Å². The van der Waals surface area contributed by atoms with Crippen LogP contribution in [0.25, 0.3) is 11.3 Å². The monoisotopic (exact) mass is 340 g/mol. The molecule has 1 unspecified atom stereocenters. The number of carboxylic acids is 2. The van der Waals surface area contributed by atoms with Crippen molar-refractivity contribution in [1.82, 2.24) is 20.3 Å². The highest BCUT2D eigenvalue weighted by Crippen LogP contribution is 2.34. The highest BCUT2D eigenvalue weighted by molar-refractivity contribution is 5.94. The molecule has 0 amide bonds. The number of nitrogens with one attached hydrogen (secondary N) is 1. The van der Waals surface area contributed by atoms with E-state index >= 15 is 0 Å². The van der Waals surface area contributed by atoms with E-state index < -0.39 is 17.5 Å². The number of allylic oxidation sites excluding steroid dienone is 2. The first-order valence-corrected chi connectivity index (χ1v) is 7.49. The molecule has 1 aromatic heterocycles. The first kappa shape index (κ1) is 16.4. The molecule has 1 aliphatic rings. The van der Waals surface area contributed by atoms with Crippen molar-refractivity contribution in [1.29, 1.82) is 0 Å². The van der Waals surface area contributed by atoms with Crippen LogP contribution >= 0.6 is 0 Å². The van der Waals surface area contributed by atoms with Crippen LogP contribution in [0, 0.1) is 0 Å². The number of carbonyl (C=O) groups is 2. The fraction of sp³-hybridized carbons (Fsp3) is 0.176. The predicted octanol–water partition coefficient (Wildman–Crippen LogP) is 1.59. The molecule has 0 radical (unpaired) electrons. The number of hydrogen-bond donors (Lipinski definition) is 3. The molecule has 8 heteroatoms. The van der Waals surface area contributed by atoms with Crippen molar-refractivity contribution in [3.63, 3.8) is 0 Å². The zero-order valence-electron chi connectivity index (χ0n) is 13.6. The van der Waals surface area contributed by atoms with Gasteiger partial charge in [0.25, 0.3) is 0 Å². The molecule has 0 saturated heterocycles. The zero-order chi connectivity index (χ0) is 18.2. The highest BCUT2D eigenvalue weighted by Gasteiger charge is 2.37. The Morgan fingerprint density at radius 1 is 1.16 bits per heavy atom. The van der Waals surface area contributed by atoms with Crippen molar-refractivity contribution in [2.24, 2.45) is 0 Å². The maximum absolute atomic E-state index is 11.5. The lowest BCUT2D eigenvalue weighted by Gasteiger charge is -2.33. The van der Waals surface area contributed by atoms with Gasteiger partial charge < -0.3 is 15.5 Å². The summed E-state index contributed by atoms with van der Waals surface area (Å²) < 4.78 is 1.47. The van der Waals surface area contributed by atoms with Gasteiger partial charge in [-0.2, -0.15) is 0 Å². The first-order valence-electron chi connectivity index (χ1n) is 7.49. The minimum absolute atomic E-state index is 0.181. The smallest absolute Gasteiger partial charge is 0.352 e. The SMILES string of the molecule is CC1=C(C(=O)O)NC(C(=O)O)=CC1(C)n1cc(-c2ccccc2)nn1. The first-order chi connectivity index (χ1) is 11.8. The summed E-state index contributed by atoms with van der Waals surface area (Å²) in [5, 5.41) is 29.4. The van der Waals surface area contributed by atoms with Gasteiger partial charge in [0.05, 0.1) is 6.20 Å². The lowest BCUT2D eigenvalue weighted by Crippen LogP contribution is -2.41. The standard InChI is InChI=1S/C17H16N4O4/c1-10-14(16(24)25)18-12(15(22)23)8-17(10,2)21-9-13(19-20-21)11-6-4-3-5-7-11/h3-9,18H,1-2H3,(H,22,23)(H,24,25). The van der Waals surface area contributed by atoms with Crippen LogP contribution in [0.3, 0.4) is 0 Å². The fourth-order valence-corrected chi connectivity index (χ4v) is 2.71. The fourth-order valence-electron chi connectivity index (χ4n) is 2.71. The Labute approximate surface area is 143 Å². The third-order valence-electron chi connectivity index (χ3n) is 4.30. The topological polar surface area (TPSA) is 117 Å². The number of dihydropyridines is 1. The molecule has 1 atom stereocenters. The summed E-state index contributed by atoms with van der Waals surface area (Å²) in [4.78, 5) is 22.9. The molecular weight excluding hydrogens is 324 g/mol. The van der Waals surface area contributed by atoms with E-state index in [-0.39, 0.29) is 11.4 Å². The molecule has 2 aromatic rings. The molecule has 1 aliphatic heterocycles. The van der Waals surface area contributed by atoms with E-state index in [1.165, 1.54) is 10.8 Å². The summed E-state index contributed by atoms with van der Waals surface area (Å²) in [6, 6.07) is 9.38. The summed E-state index contributed by atoms with van der Waals surface area (Å²) in [6.45, 7) is 3.31. The third kappa shape index (κ3) is 2.78. The van der Waals surface area contributed by atoms with Gasteiger partial charge in [-0.1, -0.05) is 35.5 Å². The van der Waals surface area contributed by atoms with Gasteiger partial charge in [0.1, 0.15) is 22.6 Å². The van der Waals surface area contributed by atoms with E-state index in [2.05, 4.69) is 15.6 Å². The van der Waals surface area contributed by atoms with Gasteiger partial charge in [-0.15, -0.1) is 5.10 Å². The molecule has 25 heavy (non-hydrogen) atoms. The number of nitrogens with zero attached hydrogens (tertiary/aromatic N) is 3. The molecule has 0 bridgehead atoms. The molecule has 128 valence electrons. The van der Waals surface area contributed by atoms with Crippen molar-refractivity contribution in [3.05, 3.63) is 59.6 Å². The van der Waals surface area contributed by atoms with E-state index in [1.807, 2.05) is 30.3 Å². The number of aliphatic carboxylic acids is 2. The second-order valence-electron chi connectivity index (χ2n) is 5.86. The lowest BCUT2D eigenvalue weighted by atomic mass is 9.87. The number of hydrogen-bond acceptors (Lipinski definition) is 5. The van der Waals surface area contributed by atoms with Crippen molar-refractivity contribution in [2.45, 2.75) is 19.4 Å². The summed E-state index contributed by atoms with van der Waals surface area (Å²) in [5.41, 5.74) is 0.410. The van der Waals surface area contributed by atoms with Gasteiger partial charge in [-0.25, -0.2) is 14.3 Å². The van der Waals surface area contributed by atoms with Crippen molar-refractivity contribution >= 4 is 11.9 Å². The Hall–Kier alpha value is -3.42. The Morgan fingerprint density at radius 3 is 2.44 bits per heavy atom. The largest absolute Gasteiger partial charge is 0.477 e. The number of carboxylic acid groups (broad SMARTS) is 2. The summed E-state index contributed by atoms with van der Waals surface area (Å²) in [7, 11) is 0. The quantitative estimate of drug-likeness (QED) is 0.773. The molecule has 0 saturated carbocycles. The van der Waals surface area contributed by atoms with Crippen molar-refractivity contribution in [3.8, 4) is 11.3 Å². The van der Waals surface area contributed by atoms with Crippen LogP contribution in [0.1, 0.15) is 13.8 Å². The number of aromatic nitrogens is 3. The molecule has 3 N–H and O–H groups in total. The molecule has 2 heterocycles. The average molecular weight is 340 g/mol. The molecule has 0 fully saturated rings. The predicted molar refractivity (Wildman–Crippen MR) is 88.3 cm³/mol. The van der Waals surface area contributed by atoms with Gasteiger partial charge in [-0.05, 0) is 25.5 Å². The van der Waals surface area contributed by atoms with Crippen molar-refractivity contribution in [2.75, 3.05) is 0 Å². The number of benzene rings is 1. The van der Waals surface area contributed by atoms with E-state index in [0.717, 1.165) is 5.56 Å². The van der Waals surface area contributed by atoms with Crippen LogP contribution in [0.15, 0.2) is 59.6 Å². The molecular formula is C17H16N4O4. The van der Waals surface area contributed by atoms with E-state index in [9.17, 15) is 19.8 Å². The maximum atomic E-state index is 11.5. The van der Waals surface area contributed by atoms with Crippen LogP contribution in [0.5, 0.6) is 0 Å². The van der Waals surface area contributed by atoms with Gasteiger partial charge in [0.2, 0.25) is 0 Å². The minimum atomic E-state index is -1.25. The average Bonchev–Trinajstić information content (AvgIpc) is 3.08. The molecule has 3 rings (SSSR count). The zero-order valence-corrected chi connectivity index (χ0v) is 13.6. The molecule has 8 nitrogen and oxygen atoms in total. The minimum Gasteiger partial charge on any atom is -0.477 e. The van der Waals surface area contributed by atoms with Gasteiger partial charge >= 0.3 is 11.9 Å². The number of rotatable bonds is 4. The van der Waals surface area contributed by atoms with Gasteiger partial charge in [0.15, 0.2) is 0 Å². The summed E-state index contributed by atoms with van der Waals surface area (Å²) in [5.74, 6) is -2.49. The van der Waals surface area contributed by atoms with Gasteiger partial charge in [-0.3, -0.25) is 0 Å². The Kier molecular flexibility index (Phi) is 3.88. The van der Waals surface area contributed by atoms with E-state index in [4.69, 9.17) is 0 Å². The summed E-state index contributed by atoms with van der Waals surface area (Å²) >= 11 is 0. The van der Waals surface area contributed by atoms with E-state index in [1.54, 1.807) is 20.0 Å². The van der Waals surface area contributed by atoms with E-state index in [0.29, 0.717) is 11.3 Å². The molecule has 0 aliphatic carbocycles. The highest BCUT2D eigenvalue weighted by atomic mass is 16.4. The third-order valence-corrected chi connectivity index (χ3v) is 4.30. The lowest BCUT2D eigenvalue weighted by molar-refractivity contribution is -0.133. The van der Waals surface area contributed by atoms with Crippen LogP contribution in [-0.4, -0.2) is 37.1 Å². The van der Waals surface area contributed by atoms with Crippen LogP contribution < -0.4 is 5.32 Å². The molecule has 1 aromatic carbocycles. The van der Waals surface area contributed by atoms with Crippen LogP contribution in [0.4, 0.5) is 0 Å². The maximum Gasteiger partial charge on any atom is 0.352 e. The second-order valence-corrected chi connectivity index (χ2v) is 5.86.